The van der Waals surface area contributed by atoms with Crippen LogP contribution in [0.25, 0.3) is 17.2 Å². The van der Waals surface area contributed by atoms with Gasteiger partial charge in [-0.15, -0.1) is 5.10 Å². The molecule has 4 aromatic rings. The van der Waals surface area contributed by atoms with E-state index < -0.39 is 0 Å². The molecule has 3 heterocycles. The summed E-state index contributed by atoms with van der Waals surface area (Å²) in [5, 5.41) is 16.0. The number of hydrogen-bond donors (Lipinski definition) is 1. The van der Waals surface area contributed by atoms with Crippen molar-refractivity contribution < 1.29 is 9.53 Å². The normalized spacial score (nSPS) is 14.9. The Balaban J connectivity index is 1.56. The molecular weight excluding hydrogens is 428 g/mol. The van der Waals surface area contributed by atoms with E-state index >= 15 is 0 Å². The molecule has 0 bridgehead atoms. The van der Waals surface area contributed by atoms with Crippen molar-refractivity contribution in [1.82, 2.24) is 25.0 Å². The lowest BCUT2D eigenvalue weighted by Gasteiger charge is -2.24. The minimum absolute atomic E-state index is 0.0984. The van der Waals surface area contributed by atoms with Crippen LogP contribution in [-0.2, 0) is 4.79 Å². The number of amides is 1. The summed E-state index contributed by atoms with van der Waals surface area (Å²) < 4.78 is 7.27. The Morgan fingerprint density at radius 2 is 2.03 bits per heavy atom. The first-order chi connectivity index (χ1) is 16.5. The highest BCUT2D eigenvalue weighted by atomic mass is 16.5. The number of carbonyl (C=O) groups is 1. The smallest absolute Gasteiger partial charge is 0.272 e. The summed E-state index contributed by atoms with van der Waals surface area (Å²) in [5.74, 6) is 1.33. The number of fused-ring (bicyclic) bond motifs is 1. The van der Waals surface area contributed by atoms with E-state index in [4.69, 9.17) is 4.74 Å². The van der Waals surface area contributed by atoms with Gasteiger partial charge in [0.05, 0.1) is 17.6 Å². The molecule has 1 amide bonds. The van der Waals surface area contributed by atoms with E-state index in [0.717, 1.165) is 33.7 Å². The molecule has 2 aromatic heterocycles. The number of benzene rings is 2. The van der Waals surface area contributed by atoms with Gasteiger partial charge in [0, 0.05) is 23.5 Å². The first kappa shape index (κ1) is 21.5. The molecular formula is C26H24N6O2. The zero-order valence-electron chi connectivity index (χ0n) is 19.0. The monoisotopic (exact) mass is 452 g/mol. The lowest BCUT2D eigenvalue weighted by Crippen LogP contribution is -2.25. The number of carbonyl (C=O) groups excluding carboxylic acids is 1. The molecule has 170 valence electrons. The largest absolute Gasteiger partial charge is 0.490 e. The molecule has 1 atom stereocenters. The van der Waals surface area contributed by atoms with E-state index in [0.29, 0.717) is 30.5 Å². The summed E-state index contributed by atoms with van der Waals surface area (Å²) in [5.41, 5.74) is 5.48. The van der Waals surface area contributed by atoms with Gasteiger partial charge in [-0.1, -0.05) is 54.6 Å². The van der Waals surface area contributed by atoms with Crippen LogP contribution in [0.3, 0.4) is 0 Å². The topological polar surface area (TPSA) is 94.8 Å². The zero-order chi connectivity index (χ0) is 23.7. The van der Waals surface area contributed by atoms with Crippen LogP contribution in [0, 0.1) is 13.8 Å². The van der Waals surface area contributed by atoms with E-state index in [9.17, 15) is 4.79 Å². The zero-order valence-corrected chi connectivity index (χ0v) is 19.0. The molecule has 1 unspecified atom stereocenters. The number of aryl methyl sites for hydroxylation is 2. The van der Waals surface area contributed by atoms with Crippen LogP contribution >= 0.6 is 0 Å². The van der Waals surface area contributed by atoms with E-state index in [1.54, 1.807) is 17.0 Å². The predicted molar refractivity (Wildman–Crippen MR) is 129 cm³/mol. The van der Waals surface area contributed by atoms with E-state index in [2.05, 4.69) is 32.2 Å². The lowest BCUT2D eigenvalue weighted by atomic mass is 9.86. The minimum atomic E-state index is -0.168. The van der Waals surface area contributed by atoms with Gasteiger partial charge in [0.25, 0.3) is 5.95 Å². The van der Waals surface area contributed by atoms with Gasteiger partial charge in [-0.05, 0) is 31.5 Å². The molecule has 1 aliphatic rings. The van der Waals surface area contributed by atoms with Crippen molar-refractivity contribution in [3.8, 4) is 23.0 Å². The van der Waals surface area contributed by atoms with Crippen LogP contribution in [0.5, 0.6) is 5.75 Å². The van der Waals surface area contributed by atoms with Crippen molar-refractivity contribution in [2.75, 3.05) is 11.9 Å². The number of ether oxygens (including phenoxy) is 1. The summed E-state index contributed by atoms with van der Waals surface area (Å²) in [6, 6.07) is 15.8. The van der Waals surface area contributed by atoms with Crippen LogP contribution in [0.15, 0.2) is 67.4 Å². The molecule has 5 rings (SSSR count). The van der Waals surface area contributed by atoms with Crippen LogP contribution in [0.4, 0.5) is 5.82 Å². The molecule has 0 spiro atoms. The van der Waals surface area contributed by atoms with Crippen molar-refractivity contribution in [3.05, 3.63) is 89.8 Å². The number of aromatic nitrogens is 5. The molecule has 0 saturated carbocycles. The first-order valence-electron chi connectivity index (χ1n) is 11.0. The Morgan fingerprint density at radius 3 is 2.82 bits per heavy atom. The van der Waals surface area contributed by atoms with Gasteiger partial charge in [-0.2, -0.15) is 14.9 Å². The van der Waals surface area contributed by atoms with Crippen molar-refractivity contribution >= 4 is 11.7 Å². The maximum absolute atomic E-state index is 12.7. The molecule has 1 aliphatic heterocycles. The Hall–Kier alpha value is -4.33. The highest BCUT2D eigenvalue weighted by Crippen LogP contribution is 2.40. The highest BCUT2D eigenvalue weighted by molar-refractivity contribution is 5.95. The fourth-order valence-electron chi connectivity index (χ4n) is 4.20. The number of hydrogen-bond acceptors (Lipinski definition) is 6. The van der Waals surface area contributed by atoms with E-state index in [1.807, 2.05) is 62.4 Å². The third-order valence-corrected chi connectivity index (χ3v) is 5.82. The van der Waals surface area contributed by atoms with Gasteiger partial charge in [0.1, 0.15) is 18.2 Å². The molecule has 0 radical (unpaired) electrons. The van der Waals surface area contributed by atoms with Crippen LogP contribution < -0.4 is 10.1 Å². The summed E-state index contributed by atoms with van der Waals surface area (Å²) in [4.78, 5) is 17.4. The Labute approximate surface area is 197 Å². The standard InChI is InChI=1S/C26H24N6O2/c1-4-12-34-20-7-5-6-19(13-20)21-14-23(33)29-25-24(21)17(3)31-32(25)26-28-22(15-27-30-26)18-10-8-16(2)9-11-18/h4-11,13,15,21H,1,12,14H2,2-3H3,(H,29,33). The summed E-state index contributed by atoms with van der Waals surface area (Å²) >= 11 is 0. The Morgan fingerprint density at radius 1 is 1.21 bits per heavy atom. The summed E-state index contributed by atoms with van der Waals surface area (Å²) in [6.45, 7) is 8.07. The maximum Gasteiger partial charge on any atom is 0.272 e. The molecule has 0 aliphatic carbocycles. The maximum atomic E-state index is 12.7. The second-order valence-corrected chi connectivity index (χ2v) is 8.24. The van der Waals surface area contributed by atoms with Gasteiger partial charge in [0.15, 0.2) is 0 Å². The highest BCUT2D eigenvalue weighted by Gasteiger charge is 2.33. The molecule has 0 fully saturated rings. The molecule has 2 aromatic carbocycles. The molecule has 0 saturated heterocycles. The number of nitrogens with zero attached hydrogens (tertiary/aromatic N) is 5. The van der Waals surface area contributed by atoms with Gasteiger partial charge < -0.3 is 10.1 Å². The van der Waals surface area contributed by atoms with Crippen molar-refractivity contribution in [3.63, 3.8) is 0 Å². The molecule has 8 heteroatoms. The second kappa shape index (κ2) is 8.90. The first-order valence-corrected chi connectivity index (χ1v) is 11.0. The van der Waals surface area contributed by atoms with Crippen LogP contribution in [0.2, 0.25) is 0 Å². The summed E-state index contributed by atoms with van der Waals surface area (Å²) in [6.07, 6.45) is 3.63. The average molecular weight is 453 g/mol. The molecule has 8 nitrogen and oxygen atoms in total. The quantitative estimate of drug-likeness (QED) is 0.436. The SMILES string of the molecule is C=CCOc1cccc(C2CC(=O)Nc3c2c(C)nn3-c2nncc(-c3ccc(C)cc3)n2)c1. The third kappa shape index (κ3) is 4.05. The van der Waals surface area contributed by atoms with Crippen molar-refractivity contribution in [2.45, 2.75) is 26.2 Å². The number of rotatable bonds is 6. The number of anilines is 1. The third-order valence-electron chi connectivity index (χ3n) is 5.82. The van der Waals surface area contributed by atoms with Crippen LogP contribution in [-0.4, -0.2) is 37.5 Å². The van der Waals surface area contributed by atoms with Gasteiger partial charge in [-0.25, -0.2) is 4.98 Å². The molecule has 1 N–H and O–H groups in total. The predicted octanol–water partition coefficient (Wildman–Crippen LogP) is 4.38. The average Bonchev–Trinajstić information content (AvgIpc) is 3.19. The van der Waals surface area contributed by atoms with E-state index in [1.165, 1.54) is 0 Å². The number of nitrogens with one attached hydrogen (secondary N) is 1. The fourth-order valence-corrected chi connectivity index (χ4v) is 4.20. The van der Waals surface area contributed by atoms with E-state index in [-0.39, 0.29) is 11.8 Å². The fraction of sp³-hybridized carbons (Fsp3) is 0.192. The van der Waals surface area contributed by atoms with Crippen molar-refractivity contribution in [1.29, 1.82) is 0 Å². The van der Waals surface area contributed by atoms with Crippen molar-refractivity contribution in [2.24, 2.45) is 0 Å². The van der Waals surface area contributed by atoms with Gasteiger partial charge >= 0.3 is 0 Å². The lowest BCUT2D eigenvalue weighted by molar-refractivity contribution is -0.116. The minimum Gasteiger partial charge on any atom is -0.490 e. The molecule has 34 heavy (non-hydrogen) atoms. The van der Waals surface area contributed by atoms with Crippen LogP contribution in [0.1, 0.15) is 34.7 Å². The van der Waals surface area contributed by atoms with Gasteiger partial charge in [0.2, 0.25) is 5.91 Å². The Bertz CT molecular complexity index is 1380. The Kier molecular flexibility index (Phi) is 5.63. The van der Waals surface area contributed by atoms with Gasteiger partial charge in [-0.3, -0.25) is 4.79 Å². The summed E-state index contributed by atoms with van der Waals surface area (Å²) in [7, 11) is 0. The second-order valence-electron chi connectivity index (χ2n) is 8.24.